The first-order chi connectivity index (χ1) is 15.5. The average Bonchev–Trinajstić information content (AvgIpc) is 3.59. The summed E-state index contributed by atoms with van der Waals surface area (Å²) in [5.41, 5.74) is 4.65. The van der Waals surface area contributed by atoms with E-state index in [1.807, 2.05) is 67.3 Å². The molecule has 3 aromatic rings. The molecule has 0 unspecified atom stereocenters. The maximum Gasteiger partial charge on any atom is 0.253 e. The molecular weight excluding hydrogens is 402 g/mol. The Balaban J connectivity index is 1.33. The molecule has 1 saturated carbocycles. The number of amides is 1. The second kappa shape index (κ2) is 8.37. The third-order valence-corrected chi connectivity index (χ3v) is 6.47. The fraction of sp³-hybridized carbons (Fsp3) is 0.440. The Hall–Kier alpha value is -3.22. The highest BCUT2D eigenvalue weighted by Crippen LogP contribution is 2.41. The van der Waals surface area contributed by atoms with Gasteiger partial charge in [0.25, 0.3) is 5.91 Å². The van der Waals surface area contributed by atoms with Crippen molar-refractivity contribution in [1.29, 1.82) is 0 Å². The van der Waals surface area contributed by atoms with Crippen LogP contribution in [0.5, 0.6) is 0 Å². The molecule has 2 aliphatic rings. The van der Waals surface area contributed by atoms with Crippen LogP contribution < -0.4 is 4.90 Å². The maximum atomic E-state index is 13.0. The van der Waals surface area contributed by atoms with Crippen molar-refractivity contribution in [2.24, 2.45) is 0 Å². The largest absolute Gasteiger partial charge is 0.378 e. The number of carbonyl (C=O) groups excluding carboxylic acids is 1. The van der Waals surface area contributed by atoms with E-state index in [4.69, 9.17) is 9.51 Å². The summed E-state index contributed by atoms with van der Waals surface area (Å²) in [5, 5.41) is 4.05. The number of hydrogen-bond acceptors (Lipinski definition) is 6. The van der Waals surface area contributed by atoms with E-state index < -0.39 is 0 Å². The molecule has 7 heteroatoms. The molecule has 0 bridgehead atoms. The minimum absolute atomic E-state index is 0.0983. The normalized spacial score (nSPS) is 16.9. The number of carbonyl (C=O) groups is 1. The zero-order valence-corrected chi connectivity index (χ0v) is 18.9. The van der Waals surface area contributed by atoms with Gasteiger partial charge in [-0.25, -0.2) is 9.97 Å². The van der Waals surface area contributed by atoms with Crippen LogP contribution in [0.25, 0.3) is 11.3 Å². The summed E-state index contributed by atoms with van der Waals surface area (Å²) in [7, 11) is 4.00. The fourth-order valence-electron chi connectivity index (χ4n) is 4.38. The van der Waals surface area contributed by atoms with Gasteiger partial charge in [-0.15, -0.1) is 0 Å². The number of hydrogen-bond donors (Lipinski definition) is 0. The van der Waals surface area contributed by atoms with Gasteiger partial charge in [-0.1, -0.05) is 5.16 Å². The van der Waals surface area contributed by atoms with Gasteiger partial charge in [0.05, 0.1) is 17.0 Å². The molecule has 32 heavy (non-hydrogen) atoms. The SMILES string of the molecule is Cc1cc(-c2cnc(C3CC3)nc2C2CCN(C(=O)c3ccc(N(C)C)cc3)CC2)on1. The number of benzene rings is 1. The smallest absolute Gasteiger partial charge is 0.253 e. The molecule has 7 nitrogen and oxygen atoms in total. The maximum absolute atomic E-state index is 13.0. The van der Waals surface area contributed by atoms with E-state index >= 15 is 0 Å². The molecule has 1 aliphatic heterocycles. The summed E-state index contributed by atoms with van der Waals surface area (Å²) in [6.07, 6.45) is 5.99. The van der Waals surface area contributed by atoms with Crippen LogP contribution in [0.15, 0.2) is 41.1 Å². The highest BCUT2D eigenvalue weighted by atomic mass is 16.5. The fourth-order valence-corrected chi connectivity index (χ4v) is 4.38. The Morgan fingerprint density at radius 3 is 2.38 bits per heavy atom. The molecule has 0 atom stereocenters. The van der Waals surface area contributed by atoms with Crippen molar-refractivity contribution >= 4 is 11.6 Å². The quantitative estimate of drug-likeness (QED) is 0.596. The topological polar surface area (TPSA) is 75.4 Å². The lowest BCUT2D eigenvalue weighted by Gasteiger charge is -2.32. The molecule has 166 valence electrons. The van der Waals surface area contributed by atoms with Crippen LogP contribution in [0.4, 0.5) is 5.69 Å². The first-order valence-electron chi connectivity index (χ1n) is 11.4. The monoisotopic (exact) mass is 431 g/mol. The number of piperidine rings is 1. The summed E-state index contributed by atoms with van der Waals surface area (Å²) in [4.78, 5) is 26.6. The van der Waals surface area contributed by atoms with Crippen LogP contribution in [-0.4, -0.2) is 53.1 Å². The highest BCUT2D eigenvalue weighted by molar-refractivity contribution is 5.94. The Labute approximate surface area is 188 Å². The van der Waals surface area contributed by atoms with Crippen molar-refractivity contribution in [2.75, 3.05) is 32.1 Å². The van der Waals surface area contributed by atoms with Crippen LogP contribution in [-0.2, 0) is 0 Å². The van der Waals surface area contributed by atoms with Gasteiger partial charge in [0.2, 0.25) is 0 Å². The van der Waals surface area contributed by atoms with E-state index in [-0.39, 0.29) is 11.8 Å². The summed E-state index contributed by atoms with van der Waals surface area (Å²) in [5.74, 6) is 2.53. The summed E-state index contributed by atoms with van der Waals surface area (Å²) in [6, 6.07) is 9.76. The van der Waals surface area contributed by atoms with Gasteiger partial charge in [-0.05, 0) is 56.9 Å². The van der Waals surface area contributed by atoms with Crippen molar-refractivity contribution in [1.82, 2.24) is 20.0 Å². The number of rotatable bonds is 5. The first kappa shape index (κ1) is 20.7. The summed E-state index contributed by atoms with van der Waals surface area (Å²) >= 11 is 0. The average molecular weight is 432 g/mol. The van der Waals surface area contributed by atoms with Crippen molar-refractivity contribution in [3.05, 3.63) is 59.3 Å². The zero-order valence-electron chi connectivity index (χ0n) is 18.9. The summed E-state index contributed by atoms with van der Waals surface area (Å²) in [6.45, 7) is 3.36. The van der Waals surface area contributed by atoms with Gasteiger partial charge in [0.15, 0.2) is 5.76 Å². The predicted octanol–water partition coefficient (Wildman–Crippen LogP) is 4.40. The van der Waals surface area contributed by atoms with Gasteiger partial charge in [0, 0.05) is 62.5 Å². The van der Waals surface area contributed by atoms with Gasteiger partial charge in [-0.3, -0.25) is 4.79 Å². The zero-order chi connectivity index (χ0) is 22.2. The molecule has 5 rings (SSSR count). The lowest BCUT2D eigenvalue weighted by Crippen LogP contribution is -2.38. The molecule has 1 aliphatic carbocycles. The second-order valence-electron chi connectivity index (χ2n) is 9.14. The minimum Gasteiger partial charge on any atom is -0.378 e. The summed E-state index contributed by atoms with van der Waals surface area (Å²) < 4.78 is 5.54. The Morgan fingerprint density at radius 2 is 1.78 bits per heavy atom. The third-order valence-electron chi connectivity index (χ3n) is 6.47. The minimum atomic E-state index is 0.0983. The standard InChI is InChI=1S/C25H29N5O2/c1-16-14-22(32-28-16)21-15-26-24(18-4-5-18)27-23(21)17-10-12-30(13-11-17)25(31)19-6-8-20(9-7-19)29(2)3/h6-9,14-15,17-18H,4-5,10-13H2,1-3H3. The third kappa shape index (κ3) is 4.11. The molecular formula is C25H29N5O2. The number of aryl methyl sites for hydroxylation is 1. The molecule has 0 N–H and O–H groups in total. The van der Waals surface area contributed by atoms with Crippen molar-refractivity contribution in [3.8, 4) is 11.3 Å². The van der Waals surface area contributed by atoms with E-state index in [9.17, 15) is 4.79 Å². The van der Waals surface area contributed by atoms with Crippen molar-refractivity contribution in [3.63, 3.8) is 0 Å². The van der Waals surface area contributed by atoms with E-state index in [0.29, 0.717) is 5.92 Å². The molecule has 3 heterocycles. The van der Waals surface area contributed by atoms with E-state index in [2.05, 4.69) is 10.1 Å². The van der Waals surface area contributed by atoms with E-state index in [1.54, 1.807) is 0 Å². The Bertz CT molecular complexity index is 1110. The van der Waals surface area contributed by atoms with E-state index in [0.717, 1.165) is 65.7 Å². The number of nitrogens with zero attached hydrogens (tertiary/aromatic N) is 5. The molecule has 0 spiro atoms. The molecule has 1 aromatic carbocycles. The number of anilines is 1. The van der Waals surface area contributed by atoms with Crippen LogP contribution in [0.2, 0.25) is 0 Å². The van der Waals surface area contributed by atoms with E-state index in [1.165, 1.54) is 12.8 Å². The molecule has 0 radical (unpaired) electrons. The number of likely N-dealkylation sites (tertiary alicyclic amines) is 1. The first-order valence-corrected chi connectivity index (χ1v) is 11.4. The second-order valence-corrected chi connectivity index (χ2v) is 9.14. The highest BCUT2D eigenvalue weighted by Gasteiger charge is 2.31. The Kier molecular flexibility index (Phi) is 5.41. The van der Waals surface area contributed by atoms with Gasteiger partial charge in [-0.2, -0.15) is 0 Å². The molecule has 2 fully saturated rings. The van der Waals surface area contributed by atoms with Crippen LogP contribution in [0, 0.1) is 6.92 Å². The van der Waals surface area contributed by atoms with Crippen LogP contribution in [0.3, 0.4) is 0 Å². The van der Waals surface area contributed by atoms with Gasteiger partial charge >= 0.3 is 0 Å². The predicted molar refractivity (Wildman–Crippen MR) is 123 cm³/mol. The number of aromatic nitrogens is 3. The lowest BCUT2D eigenvalue weighted by molar-refractivity contribution is 0.0712. The van der Waals surface area contributed by atoms with Crippen molar-refractivity contribution < 1.29 is 9.32 Å². The van der Waals surface area contributed by atoms with Crippen LogP contribution in [0.1, 0.15) is 65.1 Å². The van der Waals surface area contributed by atoms with Gasteiger partial charge < -0.3 is 14.3 Å². The van der Waals surface area contributed by atoms with Gasteiger partial charge in [0.1, 0.15) is 5.82 Å². The van der Waals surface area contributed by atoms with Crippen molar-refractivity contribution in [2.45, 2.75) is 44.4 Å². The molecule has 1 amide bonds. The molecule has 1 saturated heterocycles. The Morgan fingerprint density at radius 1 is 1.06 bits per heavy atom. The van der Waals surface area contributed by atoms with Crippen LogP contribution >= 0.6 is 0 Å². The molecule has 2 aromatic heterocycles. The lowest BCUT2D eigenvalue weighted by atomic mass is 9.89.